The average molecular weight is 436 g/mol. The Kier molecular flexibility index (Phi) is 6.30. The third kappa shape index (κ3) is 4.45. The highest BCUT2D eigenvalue weighted by Gasteiger charge is 2.30. The summed E-state index contributed by atoms with van der Waals surface area (Å²) in [6.07, 6.45) is 11.5. The molecule has 5 N–H and O–H groups in total. The fraction of sp³-hybridized carbons (Fsp3) is 0.208. The Morgan fingerprint density at radius 2 is 1.97 bits per heavy atom. The summed E-state index contributed by atoms with van der Waals surface area (Å²) in [6.45, 7) is 5.07. The van der Waals surface area contributed by atoms with E-state index in [9.17, 15) is 0 Å². The second-order valence-electron chi connectivity index (χ2n) is 7.57. The number of hydrogen-bond acceptors (Lipinski definition) is 6. The van der Waals surface area contributed by atoms with Gasteiger partial charge in [0.1, 0.15) is 5.82 Å². The molecule has 2 aliphatic rings. The SMILES string of the molecule is C=C(NC1C=C(Cl)C=C/C1=C(/N)N1CCCC1c1ccncc1)c1ccccc1ON. The van der Waals surface area contributed by atoms with Crippen LogP contribution in [0.25, 0.3) is 5.70 Å². The minimum atomic E-state index is -0.241. The van der Waals surface area contributed by atoms with Gasteiger partial charge in [-0.05, 0) is 54.8 Å². The molecule has 31 heavy (non-hydrogen) atoms. The maximum absolute atomic E-state index is 6.74. The molecule has 0 amide bonds. The van der Waals surface area contributed by atoms with E-state index < -0.39 is 0 Å². The molecule has 6 nitrogen and oxygen atoms in total. The molecule has 2 atom stereocenters. The van der Waals surface area contributed by atoms with Crippen LogP contribution in [0.4, 0.5) is 0 Å². The molecule has 1 fully saturated rings. The van der Waals surface area contributed by atoms with E-state index in [4.69, 9.17) is 28.1 Å². The van der Waals surface area contributed by atoms with Crippen molar-refractivity contribution in [2.45, 2.75) is 24.9 Å². The maximum atomic E-state index is 6.74. The van der Waals surface area contributed by atoms with Crippen LogP contribution < -0.4 is 21.8 Å². The second kappa shape index (κ2) is 9.29. The van der Waals surface area contributed by atoms with Gasteiger partial charge in [0.05, 0.1) is 12.1 Å². The average Bonchev–Trinajstić information content (AvgIpc) is 3.29. The largest absolute Gasteiger partial charge is 0.411 e. The van der Waals surface area contributed by atoms with Gasteiger partial charge < -0.3 is 20.8 Å². The molecule has 1 aromatic heterocycles. The van der Waals surface area contributed by atoms with E-state index in [0.717, 1.165) is 36.3 Å². The molecule has 0 spiro atoms. The zero-order valence-electron chi connectivity index (χ0n) is 17.2. The summed E-state index contributed by atoms with van der Waals surface area (Å²) in [7, 11) is 0. The van der Waals surface area contributed by atoms with Gasteiger partial charge in [-0.25, -0.2) is 0 Å². The van der Waals surface area contributed by atoms with Crippen molar-refractivity contribution >= 4 is 17.3 Å². The highest BCUT2D eigenvalue weighted by molar-refractivity contribution is 6.31. The number of likely N-dealkylation sites (tertiary alicyclic amines) is 1. The molecule has 1 aromatic carbocycles. The first-order valence-corrected chi connectivity index (χ1v) is 10.6. The van der Waals surface area contributed by atoms with Crippen molar-refractivity contribution in [1.29, 1.82) is 0 Å². The molecule has 2 aromatic rings. The number of benzene rings is 1. The number of nitrogens with one attached hydrogen (secondary N) is 1. The van der Waals surface area contributed by atoms with Crippen LogP contribution in [0, 0.1) is 0 Å². The van der Waals surface area contributed by atoms with E-state index in [1.54, 1.807) is 6.07 Å². The van der Waals surface area contributed by atoms with Gasteiger partial charge in [-0.2, -0.15) is 5.90 Å². The van der Waals surface area contributed by atoms with Gasteiger partial charge in [0.2, 0.25) is 0 Å². The molecule has 0 radical (unpaired) electrons. The molecule has 0 saturated carbocycles. The summed E-state index contributed by atoms with van der Waals surface area (Å²) >= 11 is 6.33. The van der Waals surface area contributed by atoms with Crippen LogP contribution in [0.1, 0.15) is 30.0 Å². The van der Waals surface area contributed by atoms with Crippen molar-refractivity contribution < 1.29 is 4.84 Å². The number of hydrogen-bond donors (Lipinski definition) is 3. The Morgan fingerprint density at radius 1 is 1.19 bits per heavy atom. The molecule has 4 rings (SSSR count). The fourth-order valence-corrected chi connectivity index (χ4v) is 4.37. The van der Waals surface area contributed by atoms with Gasteiger partial charge >= 0.3 is 0 Å². The Labute approximate surface area is 187 Å². The minimum Gasteiger partial charge on any atom is -0.411 e. The van der Waals surface area contributed by atoms with E-state index in [-0.39, 0.29) is 12.1 Å². The van der Waals surface area contributed by atoms with E-state index >= 15 is 0 Å². The van der Waals surface area contributed by atoms with Gasteiger partial charge in [-0.1, -0.05) is 36.4 Å². The van der Waals surface area contributed by atoms with Crippen LogP contribution >= 0.6 is 11.6 Å². The van der Waals surface area contributed by atoms with Gasteiger partial charge in [-0.3, -0.25) is 4.98 Å². The number of allylic oxidation sites excluding steroid dienone is 2. The summed E-state index contributed by atoms with van der Waals surface area (Å²) in [6, 6.07) is 11.5. The van der Waals surface area contributed by atoms with Crippen molar-refractivity contribution in [3.05, 3.63) is 101 Å². The summed E-state index contributed by atoms with van der Waals surface area (Å²) in [5, 5.41) is 4.07. The summed E-state index contributed by atoms with van der Waals surface area (Å²) in [4.78, 5) is 11.4. The predicted octanol–water partition coefficient (Wildman–Crippen LogP) is 3.96. The number of nitrogens with zero attached hydrogens (tertiary/aromatic N) is 2. The third-order valence-corrected chi connectivity index (χ3v) is 5.95. The van der Waals surface area contributed by atoms with Crippen LogP contribution in [-0.4, -0.2) is 22.5 Å². The van der Waals surface area contributed by atoms with Gasteiger partial charge in [0.15, 0.2) is 5.75 Å². The zero-order chi connectivity index (χ0) is 21.8. The van der Waals surface area contributed by atoms with Crippen LogP contribution in [0.15, 0.2) is 90.0 Å². The van der Waals surface area contributed by atoms with Gasteiger partial charge in [-0.15, -0.1) is 0 Å². The normalized spacial score (nSPS) is 22.1. The second-order valence-corrected chi connectivity index (χ2v) is 8.01. The first kappa shape index (κ1) is 21.0. The Hall–Kier alpha value is -3.22. The maximum Gasteiger partial charge on any atom is 0.156 e. The summed E-state index contributed by atoms with van der Waals surface area (Å²) in [5.41, 5.74) is 10.3. The highest BCUT2D eigenvalue weighted by Crippen LogP contribution is 2.36. The van der Waals surface area contributed by atoms with Crippen LogP contribution in [0.3, 0.4) is 0 Å². The molecule has 2 unspecified atom stereocenters. The predicted molar refractivity (Wildman–Crippen MR) is 124 cm³/mol. The lowest BCUT2D eigenvalue weighted by atomic mass is 9.99. The highest BCUT2D eigenvalue weighted by atomic mass is 35.5. The third-order valence-electron chi connectivity index (χ3n) is 5.70. The van der Waals surface area contributed by atoms with E-state index in [1.807, 2.05) is 48.8 Å². The van der Waals surface area contributed by atoms with Crippen LogP contribution in [-0.2, 0) is 0 Å². The molecule has 7 heteroatoms. The van der Waals surface area contributed by atoms with Crippen molar-refractivity contribution in [2.24, 2.45) is 11.6 Å². The lowest BCUT2D eigenvalue weighted by Crippen LogP contribution is -2.36. The van der Waals surface area contributed by atoms with Gasteiger partial charge in [0, 0.05) is 40.8 Å². The number of nitrogens with two attached hydrogens (primary N) is 2. The lowest BCUT2D eigenvalue weighted by molar-refractivity contribution is 0.318. The molecular weight excluding hydrogens is 410 g/mol. The van der Waals surface area contributed by atoms with E-state index in [1.165, 1.54) is 5.56 Å². The van der Waals surface area contributed by atoms with E-state index in [2.05, 4.69) is 33.9 Å². The first-order chi connectivity index (χ1) is 15.1. The molecule has 0 bridgehead atoms. The Balaban J connectivity index is 1.63. The molecule has 160 valence electrons. The van der Waals surface area contributed by atoms with Crippen molar-refractivity contribution in [3.8, 4) is 5.75 Å². The summed E-state index contributed by atoms with van der Waals surface area (Å²) < 4.78 is 0. The van der Waals surface area contributed by atoms with Crippen molar-refractivity contribution in [2.75, 3.05) is 6.54 Å². The number of halogens is 1. The monoisotopic (exact) mass is 435 g/mol. The molecule has 2 heterocycles. The van der Waals surface area contributed by atoms with Crippen molar-refractivity contribution in [3.63, 3.8) is 0 Å². The van der Waals surface area contributed by atoms with Crippen molar-refractivity contribution in [1.82, 2.24) is 15.2 Å². The lowest BCUT2D eigenvalue weighted by Gasteiger charge is -2.32. The molecule has 1 aliphatic carbocycles. The topological polar surface area (TPSA) is 89.4 Å². The smallest absolute Gasteiger partial charge is 0.156 e. The van der Waals surface area contributed by atoms with Gasteiger partial charge in [0.25, 0.3) is 0 Å². The molecule has 1 saturated heterocycles. The summed E-state index contributed by atoms with van der Waals surface area (Å²) in [5.74, 6) is 6.68. The van der Waals surface area contributed by atoms with Crippen LogP contribution in [0.2, 0.25) is 0 Å². The molecule has 1 aliphatic heterocycles. The Morgan fingerprint density at radius 3 is 2.74 bits per heavy atom. The fourth-order valence-electron chi connectivity index (χ4n) is 4.18. The quantitative estimate of drug-likeness (QED) is 0.595. The number of pyridine rings is 1. The zero-order valence-corrected chi connectivity index (χ0v) is 17.9. The number of para-hydroxylation sites is 1. The first-order valence-electron chi connectivity index (χ1n) is 10.2. The van der Waals surface area contributed by atoms with Crippen LogP contribution in [0.5, 0.6) is 5.75 Å². The molecular formula is C24H26ClN5O. The number of rotatable bonds is 6. The number of aromatic nitrogens is 1. The minimum absolute atomic E-state index is 0.223. The van der Waals surface area contributed by atoms with E-state index in [0.29, 0.717) is 16.5 Å². The Bertz CT molecular complexity index is 1050. The standard InChI is InChI=1S/C24H26ClN5O/c1-16(19-5-2-3-7-23(19)31-27)29-21-15-18(25)8-9-20(21)24(26)30-14-4-6-22(30)17-10-12-28-13-11-17/h2-3,5,7-13,15,21-22,29H,1,4,6,14,26-27H2/b24-20+.